The van der Waals surface area contributed by atoms with Crippen LogP contribution in [0.4, 0.5) is 4.79 Å². The molecule has 2 amide bonds. The standard InChI is InChI=1S/C16H26N2O5/c1-2-22-16(21)18-10-8-12(9-11-18)14(19)17-23-15(20)13-6-4-3-5-7-13/h12-13H,2-11H2,1H3,(H,17,19). The molecule has 1 saturated carbocycles. The van der Waals surface area contributed by atoms with Gasteiger partial charge in [-0.3, -0.25) is 4.79 Å². The SMILES string of the molecule is CCOC(=O)N1CCC(C(=O)NOC(=O)C2CCCCC2)CC1. The van der Waals surface area contributed by atoms with Crippen molar-refractivity contribution >= 4 is 18.0 Å². The van der Waals surface area contributed by atoms with Crippen LogP contribution in [0.25, 0.3) is 0 Å². The van der Waals surface area contributed by atoms with Crippen molar-refractivity contribution in [2.24, 2.45) is 11.8 Å². The van der Waals surface area contributed by atoms with Crippen LogP contribution >= 0.6 is 0 Å². The Hall–Kier alpha value is -1.79. The first kappa shape index (κ1) is 17.6. The zero-order chi connectivity index (χ0) is 16.7. The summed E-state index contributed by atoms with van der Waals surface area (Å²) in [6, 6.07) is 0. The van der Waals surface area contributed by atoms with Gasteiger partial charge in [0.15, 0.2) is 0 Å². The molecule has 0 aromatic rings. The van der Waals surface area contributed by atoms with Crippen molar-refractivity contribution in [2.75, 3.05) is 19.7 Å². The minimum absolute atomic E-state index is 0.0882. The molecule has 1 heterocycles. The maximum Gasteiger partial charge on any atom is 0.409 e. The van der Waals surface area contributed by atoms with Gasteiger partial charge in [-0.1, -0.05) is 19.3 Å². The van der Waals surface area contributed by atoms with Gasteiger partial charge in [-0.05, 0) is 32.6 Å². The first-order valence-electron chi connectivity index (χ1n) is 8.54. The van der Waals surface area contributed by atoms with E-state index in [1.54, 1.807) is 11.8 Å². The molecule has 1 N–H and O–H groups in total. The zero-order valence-corrected chi connectivity index (χ0v) is 13.7. The molecule has 2 aliphatic rings. The Balaban J connectivity index is 1.68. The summed E-state index contributed by atoms with van der Waals surface area (Å²) in [4.78, 5) is 42.1. The van der Waals surface area contributed by atoms with Crippen LogP contribution in [0.15, 0.2) is 0 Å². The van der Waals surface area contributed by atoms with Crippen molar-refractivity contribution < 1.29 is 24.0 Å². The van der Waals surface area contributed by atoms with E-state index in [0.717, 1.165) is 32.1 Å². The largest absolute Gasteiger partial charge is 0.450 e. The number of piperidine rings is 1. The fraction of sp³-hybridized carbons (Fsp3) is 0.812. The highest BCUT2D eigenvalue weighted by atomic mass is 16.7. The number of nitrogens with zero attached hydrogens (tertiary/aromatic N) is 1. The maximum atomic E-state index is 12.1. The van der Waals surface area contributed by atoms with Crippen LogP contribution in [-0.2, 0) is 19.2 Å². The highest BCUT2D eigenvalue weighted by Crippen LogP contribution is 2.24. The van der Waals surface area contributed by atoms with Crippen LogP contribution in [0.5, 0.6) is 0 Å². The average Bonchev–Trinajstić information content (AvgIpc) is 2.60. The summed E-state index contributed by atoms with van der Waals surface area (Å²) in [6.45, 7) is 3.07. The van der Waals surface area contributed by atoms with E-state index in [1.807, 2.05) is 0 Å². The summed E-state index contributed by atoms with van der Waals surface area (Å²) in [6.07, 6.45) is 5.68. The molecule has 2 rings (SSSR count). The Bertz CT molecular complexity index is 426. The molecule has 1 saturated heterocycles. The molecule has 1 aliphatic carbocycles. The lowest BCUT2D eigenvalue weighted by molar-refractivity contribution is -0.165. The summed E-state index contributed by atoms with van der Waals surface area (Å²) in [5.74, 6) is -0.936. The van der Waals surface area contributed by atoms with E-state index in [9.17, 15) is 14.4 Å². The highest BCUT2D eigenvalue weighted by Gasteiger charge is 2.29. The molecule has 0 radical (unpaired) electrons. The van der Waals surface area contributed by atoms with Gasteiger partial charge in [0.25, 0.3) is 5.91 Å². The van der Waals surface area contributed by atoms with Crippen LogP contribution in [-0.4, -0.2) is 42.6 Å². The predicted molar refractivity (Wildman–Crippen MR) is 82.1 cm³/mol. The van der Waals surface area contributed by atoms with Crippen molar-refractivity contribution in [3.05, 3.63) is 0 Å². The Morgan fingerprint density at radius 3 is 2.26 bits per heavy atom. The second-order valence-electron chi connectivity index (χ2n) is 6.18. The minimum atomic E-state index is -0.338. The topological polar surface area (TPSA) is 84.9 Å². The maximum absolute atomic E-state index is 12.1. The van der Waals surface area contributed by atoms with Gasteiger partial charge in [0.1, 0.15) is 0 Å². The molecule has 2 fully saturated rings. The number of carbonyl (C=O) groups excluding carboxylic acids is 3. The Kier molecular flexibility index (Phi) is 6.67. The molecule has 0 atom stereocenters. The van der Waals surface area contributed by atoms with Crippen LogP contribution in [0, 0.1) is 11.8 Å². The lowest BCUT2D eigenvalue weighted by Crippen LogP contribution is -2.44. The molecule has 1 aliphatic heterocycles. The molecule has 0 aromatic carbocycles. The van der Waals surface area contributed by atoms with Crippen LogP contribution in [0.2, 0.25) is 0 Å². The predicted octanol–water partition coefficient (Wildman–Crippen LogP) is 2.01. The minimum Gasteiger partial charge on any atom is -0.450 e. The summed E-state index contributed by atoms with van der Waals surface area (Å²) >= 11 is 0. The van der Waals surface area contributed by atoms with Gasteiger partial charge >= 0.3 is 12.1 Å². The Labute approximate surface area is 136 Å². The molecule has 0 aromatic heterocycles. The van der Waals surface area contributed by atoms with Gasteiger partial charge in [-0.15, -0.1) is 0 Å². The van der Waals surface area contributed by atoms with Gasteiger partial charge in [0.05, 0.1) is 12.5 Å². The monoisotopic (exact) mass is 326 g/mol. The number of hydroxylamine groups is 1. The number of carbonyl (C=O) groups is 3. The van der Waals surface area contributed by atoms with Gasteiger partial charge in [0, 0.05) is 19.0 Å². The van der Waals surface area contributed by atoms with E-state index in [0.29, 0.717) is 32.5 Å². The van der Waals surface area contributed by atoms with Crippen LogP contribution in [0.3, 0.4) is 0 Å². The first-order chi connectivity index (χ1) is 11.1. The number of likely N-dealkylation sites (tertiary alicyclic amines) is 1. The second kappa shape index (κ2) is 8.74. The lowest BCUT2D eigenvalue weighted by Gasteiger charge is -2.30. The second-order valence-corrected chi connectivity index (χ2v) is 6.18. The summed E-state index contributed by atoms with van der Waals surface area (Å²) < 4.78 is 4.94. The van der Waals surface area contributed by atoms with Gasteiger partial charge in [-0.25, -0.2) is 9.59 Å². The van der Waals surface area contributed by atoms with Crippen molar-refractivity contribution in [2.45, 2.75) is 51.9 Å². The average molecular weight is 326 g/mol. The molecule has 23 heavy (non-hydrogen) atoms. The Morgan fingerprint density at radius 2 is 1.65 bits per heavy atom. The van der Waals surface area contributed by atoms with Crippen molar-refractivity contribution in [3.8, 4) is 0 Å². The third-order valence-corrected chi connectivity index (χ3v) is 4.58. The van der Waals surface area contributed by atoms with Gasteiger partial charge < -0.3 is 14.5 Å². The van der Waals surface area contributed by atoms with Crippen molar-refractivity contribution in [1.29, 1.82) is 0 Å². The molecular formula is C16H26N2O5. The van der Waals surface area contributed by atoms with E-state index in [4.69, 9.17) is 9.57 Å². The normalized spacial score (nSPS) is 20.0. The smallest absolute Gasteiger partial charge is 0.409 e. The number of hydrogen-bond donors (Lipinski definition) is 1. The highest BCUT2D eigenvalue weighted by molar-refractivity contribution is 5.81. The molecule has 7 heteroatoms. The molecular weight excluding hydrogens is 300 g/mol. The third kappa shape index (κ3) is 5.11. The van der Waals surface area contributed by atoms with Gasteiger partial charge in [-0.2, -0.15) is 5.48 Å². The van der Waals surface area contributed by atoms with E-state index < -0.39 is 0 Å². The summed E-state index contributed by atoms with van der Waals surface area (Å²) in [5, 5.41) is 0. The number of hydrogen-bond acceptors (Lipinski definition) is 5. The number of nitrogens with one attached hydrogen (secondary N) is 1. The van der Waals surface area contributed by atoms with Crippen molar-refractivity contribution in [3.63, 3.8) is 0 Å². The zero-order valence-electron chi connectivity index (χ0n) is 13.7. The lowest BCUT2D eigenvalue weighted by atomic mass is 9.89. The molecule has 7 nitrogen and oxygen atoms in total. The fourth-order valence-electron chi connectivity index (χ4n) is 3.14. The summed E-state index contributed by atoms with van der Waals surface area (Å²) in [7, 11) is 0. The Morgan fingerprint density at radius 1 is 1.00 bits per heavy atom. The summed E-state index contributed by atoms with van der Waals surface area (Å²) in [5.41, 5.74) is 2.30. The van der Waals surface area contributed by atoms with E-state index in [1.165, 1.54) is 0 Å². The van der Waals surface area contributed by atoms with E-state index >= 15 is 0 Å². The van der Waals surface area contributed by atoms with E-state index in [2.05, 4.69) is 5.48 Å². The van der Waals surface area contributed by atoms with Gasteiger partial charge in [0.2, 0.25) is 0 Å². The molecule has 0 spiro atoms. The van der Waals surface area contributed by atoms with Crippen LogP contribution in [0.1, 0.15) is 51.9 Å². The fourth-order valence-corrected chi connectivity index (χ4v) is 3.14. The molecule has 0 bridgehead atoms. The number of ether oxygens (including phenoxy) is 1. The first-order valence-corrected chi connectivity index (χ1v) is 8.54. The van der Waals surface area contributed by atoms with E-state index in [-0.39, 0.29) is 29.8 Å². The third-order valence-electron chi connectivity index (χ3n) is 4.58. The molecule has 0 unspecified atom stereocenters. The quantitative estimate of drug-likeness (QED) is 0.802. The number of rotatable bonds is 3. The van der Waals surface area contributed by atoms with Crippen molar-refractivity contribution in [1.82, 2.24) is 10.4 Å². The molecule has 130 valence electrons. The van der Waals surface area contributed by atoms with Crippen LogP contribution < -0.4 is 5.48 Å². The number of amides is 2.